The van der Waals surface area contributed by atoms with Crippen molar-refractivity contribution in [1.82, 2.24) is 4.90 Å². The van der Waals surface area contributed by atoms with Crippen molar-refractivity contribution in [2.45, 2.75) is 83.3 Å². The summed E-state index contributed by atoms with van der Waals surface area (Å²) in [5.74, 6) is -1.51. The number of ketones is 1. The number of aryl methyl sites for hydroxylation is 1. The van der Waals surface area contributed by atoms with Crippen LogP contribution in [0.3, 0.4) is 0 Å². The molecule has 1 amide bonds. The molecular weight excluding hydrogens is 418 g/mol. The van der Waals surface area contributed by atoms with Gasteiger partial charge in [-0.2, -0.15) is 0 Å². The quantitative estimate of drug-likeness (QED) is 0.344. The molecule has 180 valence electrons. The van der Waals surface area contributed by atoms with E-state index in [4.69, 9.17) is 0 Å². The van der Waals surface area contributed by atoms with E-state index in [1.807, 2.05) is 42.5 Å². The molecule has 1 aliphatic carbocycles. The van der Waals surface area contributed by atoms with Gasteiger partial charge in [-0.15, -0.1) is 0 Å². The molecule has 3 rings (SSSR count). The highest BCUT2D eigenvalue weighted by Gasteiger charge is 2.60. The van der Waals surface area contributed by atoms with Crippen LogP contribution in [0.15, 0.2) is 42.5 Å². The topological polar surface area (TPSA) is 94.9 Å². The van der Waals surface area contributed by atoms with Crippen molar-refractivity contribution in [3.8, 4) is 0 Å². The van der Waals surface area contributed by atoms with Crippen LogP contribution in [0, 0.1) is 11.3 Å². The molecule has 2 N–H and O–H groups in total. The van der Waals surface area contributed by atoms with E-state index in [0.29, 0.717) is 12.8 Å². The van der Waals surface area contributed by atoms with Crippen molar-refractivity contribution in [3.63, 3.8) is 0 Å². The van der Waals surface area contributed by atoms with Gasteiger partial charge in [0.25, 0.3) is 0 Å². The third kappa shape index (κ3) is 6.53. The van der Waals surface area contributed by atoms with E-state index >= 15 is 0 Å². The van der Waals surface area contributed by atoms with Crippen molar-refractivity contribution >= 4 is 17.7 Å². The maximum Gasteiger partial charge on any atom is 0.310 e. The van der Waals surface area contributed by atoms with Crippen LogP contribution in [0.5, 0.6) is 0 Å². The van der Waals surface area contributed by atoms with Gasteiger partial charge in [-0.25, -0.2) is 0 Å². The number of amides is 1. The Bertz CT molecular complexity index is 851. The number of allylic oxidation sites excluding steroid dienone is 2. The van der Waals surface area contributed by atoms with Gasteiger partial charge < -0.3 is 15.1 Å². The predicted octanol–water partition coefficient (Wildman–Crippen LogP) is 4.16. The lowest BCUT2D eigenvalue weighted by Gasteiger charge is -2.24. The highest BCUT2D eigenvalue weighted by Crippen LogP contribution is 2.57. The summed E-state index contributed by atoms with van der Waals surface area (Å²) in [5.41, 5.74) is -0.0239. The molecule has 0 spiro atoms. The van der Waals surface area contributed by atoms with Crippen molar-refractivity contribution in [1.29, 1.82) is 0 Å². The molecule has 1 heterocycles. The number of hydrogen-bond donors (Lipinski definition) is 2. The SMILES string of the molecule is CCCCCC/C=C\[C@@H]1C[C@]1(CC(=O)[C@@H]1C[C@@H](O)CN1C(=O)CCc1ccccc1)C(=O)O. The summed E-state index contributed by atoms with van der Waals surface area (Å²) in [6.45, 7) is 2.30. The zero-order valence-electron chi connectivity index (χ0n) is 19.6. The van der Waals surface area contributed by atoms with Gasteiger partial charge in [-0.1, -0.05) is 68.7 Å². The van der Waals surface area contributed by atoms with E-state index in [1.165, 1.54) is 24.2 Å². The smallest absolute Gasteiger partial charge is 0.310 e. The number of unbranched alkanes of at least 4 members (excludes halogenated alkanes) is 4. The van der Waals surface area contributed by atoms with E-state index in [2.05, 4.69) is 6.92 Å². The summed E-state index contributed by atoms with van der Waals surface area (Å²) in [6.07, 6.45) is 10.2. The third-order valence-electron chi connectivity index (χ3n) is 7.08. The second-order valence-electron chi connectivity index (χ2n) is 9.63. The van der Waals surface area contributed by atoms with Gasteiger partial charge in [0, 0.05) is 25.8 Å². The zero-order chi connectivity index (χ0) is 23.8. The molecule has 1 saturated heterocycles. The number of carboxylic acid groups (broad SMARTS) is 1. The summed E-state index contributed by atoms with van der Waals surface area (Å²) < 4.78 is 0. The van der Waals surface area contributed by atoms with Gasteiger partial charge in [-0.05, 0) is 37.2 Å². The molecule has 2 fully saturated rings. The molecule has 0 aromatic heterocycles. The lowest BCUT2D eigenvalue weighted by Crippen LogP contribution is -2.42. The number of benzene rings is 1. The summed E-state index contributed by atoms with van der Waals surface area (Å²) in [5, 5.41) is 20.0. The second kappa shape index (κ2) is 11.6. The summed E-state index contributed by atoms with van der Waals surface area (Å²) in [4.78, 5) is 39.5. The molecule has 33 heavy (non-hydrogen) atoms. The minimum absolute atomic E-state index is 0.0903. The molecule has 0 bridgehead atoms. The van der Waals surface area contributed by atoms with Gasteiger partial charge in [0.15, 0.2) is 5.78 Å². The molecule has 1 aromatic carbocycles. The Labute approximate surface area is 196 Å². The first-order valence-corrected chi connectivity index (χ1v) is 12.3. The molecule has 0 unspecified atom stereocenters. The van der Waals surface area contributed by atoms with Crippen molar-refractivity contribution in [2.75, 3.05) is 6.54 Å². The van der Waals surface area contributed by atoms with Crippen LogP contribution < -0.4 is 0 Å². The lowest BCUT2D eigenvalue weighted by molar-refractivity contribution is -0.147. The highest BCUT2D eigenvalue weighted by molar-refractivity contribution is 5.94. The minimum Gasteiger partial charge on any atom is -0.481 e. The predicted molar refractivity (Wildman–Crippen MR) is 127 cm³/mol. The summed E-state index contributed by atoms with van der Waals surface area (Å²) in [6, 6.07) is 8.93. The van der Waals surface area contributed by atoms with Crippen LogP contribution >= 0.6 is 0 Å². The summed E-state index contributed by atoms with van der Waals surface area (Å²) >= 11 is 0. The number of aliphatic carboxylic acids is 1. The largest absolute Gasteiger partial charge is 0.481 e. The fraction of sp³-hybridized carbons (Fsp3) is 0.593. The van der Waals surface area contributed by atoms with Crippen LogP contribution in [0.4, 0.5) is 0 Å². The highest BCUT2D eigenvalue weighted by atomic mass is 16.4. The van der Waals surface area contributed by atoms with Crippen molar-refractivity contribution in [3.05, 3.63) is 48.0 Å². The first-order valence-electron chi connectivity index (χ1n) is 12.3. The number of likely N-dealkylation sites (tertiary alicyclic amines) is 1. The first-order chi connectivity index (χ1) is 15.9. The monoisotopic (exact) mass is 455 g/mol. The van der Waals surface area contributed by atoms with Gasteiger partial charge in [0.2, 0.25) is 5.91 Å². The van der Waals surface area contributed by atoms with Gasteiger partial charge in [-0.3, -0.25) is 14.4 Å². The average Bonchev–Trinajstić information content (AvgIpc) is 3.36. The Morgan fingerprint density at radius 1 is 1.15 bits per heavy atom. The fourth-order valence-corrected chi connectivity index (χ4v) is 4.92. The normalized spacial score (nSPS) is 26.6. The average molecular weight is 456 g/mol. The number of nitrogens with zero attached hydrogens (tertiary/aromatic N) is 1. The molecule has 6 nitrogen and oxygen atoms in total. The van der Waals surface area contributed by atoms with E-state index in [1.54, 1.807) is 0 Å². The van der Waals surface area contributed by atoms with Crippen molar-refractivity contribution in [2.24, 2.45) is 11.3 Å². The van der Waals surface area contributed by atoms with E-state index < -0.39 is 23.5 Å². The Balaban J connectivity index is 1.56. The van der Waals surface area contributed by atoms with Gasteiger partial charge >= 0.3 is 5.97 Å². The Morgan fingerprint density at radius 2 is 1.91 bits per heavy atom. The Kier molecular flexibility index (Phi) is 8.84. The number of carbonyl (C=O) groups is 3. The number of Topliss-reactive ketones (excluding diaryl/α,β-unsaturated/α-hetero) is 1. The number of aliphatic hydroxyl groups is 1. The lowest BCUT2D eigenvalue weighted by atomic mass is 9.92. The molecular formula is C27H37NO5. The number of β-amino-alcohol motifs (C(OH)–C–C–N with tert-alkyl or cyclic N) is 1. The molecule has 1 aromatic rings. The maximum absolute atomic E-state index is 13.1. The molecule has 1 saturated carbocycles. The number of carboxylic acids is 1. The second-order valence-corrected chi connectivity index (χ2v) is 9.63. The Morgan fingerprint density at radius 3 is 2.61 bits per heavy atom. The standard InChI is InChI=1S/C27H37NO5/c1-2-3-4-5-6-10-13-21-17-27(21,26(32)33)18-24(30)23-16-22(29)19-28(23)25(31)15-14-20-11-8-7-9-12-20/h7-13,21-23,29H,2-6,14-19H2,1H3,(H,32,33)/b13-10-/t21-,22-,23+,27-/m1/s1. The van der Waals surface area contributed by atoms with Gasteiger partial charge in [0.05, 0.1) is 17.6 Å². The first kappa shape index (κ1) is 25.2. The summed E-state index contributed by atoms with van der Waals surface area (Å²) in [7, 11) is 0. The minimum atomic E-state index is -1.07. The van der Waals surface area contributed by atoms with Crippen LogP contribution in [0.1, 0.15) is 70.3 Å². The molecule has 2 aliphatic rings. The number of rotatable bonds is 13. The maximum atomic E-state index is 13.1. The van der Waals surface area contributed by atoms with Crippen LogP contribution in [-0.2, 0) is 20.8 Å². The molecule has 6 heteroatoms. The van der Waals surface area contributed by atoms with E-state index in [9.17, 15) is 24.6 Å². The van der Waals surface area contributed by atoms with E-state index in [0.717, 1.165) is 18.4 Å². The molecule has 4 atom stereocenters. The number of carbonyl (C=O) groups excluding carboxylic acids is 2. The Hall–Kier alpha value is -2.47. The van der Waals surface area contributed by atoms with Crippen LogP contribution in [0.25, 0.3) is 0 Å². The zero-order valence-corrected chi connectivity index (χ0v) is 19.6. The van der Waals surface area contributed by atoms with E-state index in [-0.39, 0.29) is 43.4 Å². The van der Waals surface area contributed by atoms with Gasteiger partial charge in [0.1, 0.15) is 0 Å². The van der Waals surface area contributed by atoms with Crippen LogP contribution in [-0.4, -0.2) is 51.5 Å². The third-order valence-corrected chi connectivity index (χ3v) is 7.08. The molecule has 1 aliphatic heterocycles. The fourth-order valence-electron chi connectivity index (χ4n) is 4.92. The molecule has 0 radical (unpaired) electrons. The number of hydrogen-bond acceptors (Lipinski definition) is 4. The van der Waals surface area contributed by atoms with Crippen LogP contribution in [0.2, 0.25) is 0 Å². The number of aliphatic hydroxyl groups excluding tert-OH is 1. The van der Waals surface area contributed by atoms with Crippen molar-refractivity contribution < 1.29 is 24.6 Å².